The zero-order valence-corrected chi connectivity index (χ0v) is 11.2. The molecule has 1 N–H and O–H groups in total. The summed E-state index contributed by atoms with van der Waals surface area (Å²) in [6, 6.07) is 3.84. The summed E-state index contributed by atoms with van der Waals surface area (Å²) >= 11 is 0. The highest BCUT2D eigenvalue weighted by Gasteiger charge is 2.33. The van der Waals surface area contributed by atoms with Crippen LogP contribution < -0.4 is 10.1 Å². The Hall–Kier alpha value is -1.20. The van der Waals surface area contributed by atoms with Crippen LogP contribution in [0.4, 0.5) is 8.78 Å². The van der Waals surface area contributed by atoms with Crippen LogP contribution in [0.15, 0.2) is 18.2 Å². The summed E-state index contributed by atoms with van der Waals surface area (Å²) in [5.41, 5.74) is -1.44. The number of alkyl halides is 1. The third-order valence-electron chi connectivity index (χ3n) is 3.35. The smallest absolute Gasteiger partial charge is 0.138 e. The van der Waals surface area contributed by atoms with Gasteiger partial charge < -0.3 is 14.8 Å². The Kier molecular flexibility index (Phi) is 4.37. The lowest BCUT2D eigenvalue weighted by Crippen LogP contribution is -2.44. The molecule has 106 valence electrons. The Morgan fingerprint density at radius 2 is 2.32 bits per heavy atom. The summed E-state index contributed by atoms with van der Waals surface area (Å²) in [5, 5.41) is 3.20. The van der Waals surface area contributed by atoms with Crippen LogP contribution >= 0.6 is 0 Å². The summed E-state index contributed by atoms with van der Waals surface area (Å²) < 4.78 is 38.6. The molecule has 0 spiro atoms. The van der Waals surface area contributed by atoms with Gasteiger partial charge in [-0.1, -0.05) is 0 Å². The van der Waals surface area contributed by atoms with Crippen LogP contribution in [0.3, 0.4) is 0 Å². The molecule has 2 atom stereocenters. The minimum Gasteiger partial charge on any atom is -0.496 e. The summed E-state index contributed by atoms with van der Waals surface area (Å²) in [5.74, 6) is -0.101. The average Bonchev–Trinajstić information content (AvgIpc) is 2.39. The highest BCUT2D eigenvalue weighted by molar-refractivity contribution is 5.38. The van der Waals surface area contributed by atoms with Gasteiger partial charge in [0.05, 0.1) is 20.3 Å². The second-order valence-electron chi connectivity index (χ2n) is 4.97. The minimum absolute atomic E-state index is 0.0725. The normalized spacial score (nSPS) is 22.8. The largest absolute Gasteiger partial charge is 0.496 e. The molecule has 0 saturated carbocycles. The second kappa shape index (κ2) is 5.84. The Morgan fingerprint density at radius 1 is 1.53 bits per heavy atom. The molecule has 1 fully saturated rings. The van der Waals surface area contributed by atoms with Gasteiger partial charge in [-0.15, -0.1) is 0 Å². The van der Waals surface area contributed by atoms with Crippen molar-refractivity contribution in [3.63, 3.8) is 0 Å². The van der Waals surface area contributed by atoms with Gasteiger partial charge >= 0.3 is 0 Å². The predicted molar refractivity (Wildman–Crippen MR) is 68.6 cm³/mol. The lowest BCUT2D eigenvalue weighted by Gasteiger charge is -2.30. The van der Waals surface area contributed by atoms with Gasteiger partial charge in [-0.3, -0.25) is 0 Å². The van der Waals surface area contributed by atoms with Crippen LogP contribution in [0.5, 0.6) is 5.75 Å². The third kappa shape index (κ3) is 3.42. The van der Waals surface area contributed by atoms with Gasteiger partial charge in [0.15, 0.2) is 0 Å². The maximum atomic E-state index is 14.9. The maximum absolute atomic E-state index is 14.9. The van der Waals surface area contributed by atoms with Crippen molar-refractivity contribution in [2.75, 3.05) is 26.9 Å². The first-order chi connectivity index (χ1) is 9.03. The van der Waals surface area contributed by atoms with Crippen LogP contribution in [0.1, 0.15) is 18.9 Å². The van der Waals surface area contributed by atoms with Gasteiger partial charge in [0.1, 0.15) is 17.2 Å². The molecule has 5 heteroatoms. The molecule has 2 unspecified atom stereocenters. The van der Waals surface area contributed by atoms with E-state index in [-0.39, 0.29) is 18.0 Å². The first kappa shape index (κ1) is 14.2. The van der Waals surface area contributed by atoms with E-state index in [2.05, 4.69) is 5.32 Å². The summed E-state index contributed by atoms with van der Waals surface area (Å²) in [7, 11) is 1.45. The zero-order valence-electron chi connectivity index (χ0n) is 11.2. The van der Waals surface area contributed by atoms with Crippen LogP contribution in [-0.2, 0) is 10.4 Å². The summed E-state index contributed by atoms with van der Waals surface area (Å²) in [4.78, 5) is 0. The topological polar surface area (TPSA) is 30.5 Å². The first-order valence-corrected chi connectivity index (χ1v) is 6.37. The minimum atomic E-state index is -1.67. The molecule has 3 nitrogen and oxygen atoms in total. The first-order valence-electron chi connectivity index (χ1n) is 6.37. The Bertz CT molecular complexity index is 431. The van der Waals surface area contributed by atoms with E-state index in [4.69, 9.17) is 9.47 Å². The van der Waals surface area contributed by atoms with Crippen LogP contribution in [0.2, 0.25) is 0 Å². The molecule has 1 aromatic rings. The summed E-state index contributed by atoms with van der Waals surface area (Å²) in [6.45, 7) is 3.27. The molecule has 0 bridgehead atoms. The molecule has 0 aromatic heterocycles. The number of morpholine rings is 1. The van der Waals surface area contributed by atoms with Crippen molar-refractivity contribution in [2.24, 2.45) is 0 Å². The number of ether oxygens (including phenoxy) is 2. The predicted octanol–water partition coefficient (Wildman–Crippen LogP) is 2.40. The monoisotopic (exact) mass is 271 g/mol. The Balaban J connectivity index is 2.19. The summed E-state index contributed by atoms with van der Waals surface area (Å²) in [6.07, 6.45) is 0.215. The lowest BCUT2D eigenvalue weighted by atomic mass is 9.90. The lowest BCUT2D eigenvalue weighted by molar-refractivity contribution is 0.0467. The number of benzene rings is 1. The Labute approximate surface area is 111 Å². The molecule has 1 saturated heterocycles. The number of hydrogen-bond acceptors (Lipinski definition) is 3. The van der Waals surface area contributed by atoms with Gasteiger partial charge in [-0.05, 0) is 25.1 Å². The molecule has 0 radical (unpaired) electrons. The fraction of sp³-hybridized carbons (Fsp3) is 0.571. The number of nitrogens with one attached hydrogen (secondary N) is 1. The van der Waals surface area contributed by atoms with E-state index in [9.17, 15) is 8.78 Å². The average molecular weight is 271 g/mol. The van der Waals surface area contributed by atoms with Crippen molar-refractivity contribution in [1.82, 2.24) is 5.32 Å². The number of methoxy groups -OCH3 is 1. The van der Waals surface area contributed by atoms with Crippen LogP contribution in [-0.4, -0.2) is 32.9 Å². The molecule has 1 aliphatic rings. The van der Waals surface area contributed by atoms with E-state index in [1.807, 2.05) is 0 Å². The van der Waals surface area contributed by atoms with Gasteiger partial charge in [0, 0.05) is 24.6 Å². The van der Waals surface area contributed by atoms with Crippen molar-refractivity contribution in [3.8, 4) is 5.75 Å². The second-order valence-corrected chi connectivity index (χ2v) is 4.97. The van der Waals surface area contributed by atoms with Crippen molar-refractivity contribution >= 4 is 0 Å². The van der Waals surface area contributed by atoms with E-state index >= 15 is 0 Å². The SMILES string of the molecule is COc1ccc(F)cc1C(C)(F)CC1COCCN1. The number of halogens is 2. The highest BCUT2D eigenvalue weighted by Crippen LogP contribution is 2.37. The number of hydrogen-bond donors (Lipinski definition) is 1. The maximum Gasteiger partial charge on any atom is 0.138 e. The molecule has 1 aliphatic heterocycles. The van der Waals surface area contributed by atoms with E-state index < -0.39 is 11.5 Å². The van der Waals surface area contributed by atoms with Crippen molar-refractivity contribution in [1.29, 1.82) is 0 Å². The van der Waals surface area contributed by atoms with Gasteiger partial charge in [0.25, 0.3) is 0 Å². The van der Waals surface area contributed by atoms with E-state index in [0.29, 0.717) is 25.5 Å². The van der Waals surface area contributed by atoms with Gasteiger partial charge in [-0.25, -0.2) is 8.78 Å². The van der Waals surface area contributed by atoms with Crippen molar-refractivity contribution < 1.29 is 18.3 Å². The van der Waals surface area contributed by atoms with Crippen LogP contribution in [0, 0.1) is 5.82 Å². The van der Waals surface area contributed by atoms with Crippen LogP contribution in [0.25, 0.3) is 0 Å². The number of rotatable bonds is 4. The molecule has 1 aromatic carbocycles. The van der Waals surface area contributed by atoms with Gasteiger partial charge in [-0.2, -0.15) is 0 Å². The van der Waals surface area contributed by atoms with E-state index in [1.165, 1.54) is 32.2 Å². The molecule has 2 rings (SSSR count). The van der Waals surface area contributed by atoms with E-state index in [0.717, 1.165) is 0 Å². The molecular weight excluding hydrogens is 252 g/mol. The van der Waals surface area contributed by atoms with Crippen molar-refractivity contribution in [2.45, 2.75) is 25.1 Å². The van der Waals surface area contributed by atoms with E-state index in [1.54, 1.807) is 0 Å². The fourth-order valence-electron chi connectivity index (χ4n) is 2.41. The molecule has 19 heavy (non-hydrogen) atoms. The highest BCUT2D eigenvalue weighted by atomic mass is 19.1. The molecule has 0 aliphatic carbocycles. The quantitative estimate of drug-likeness (QED) is 0.912. The Morgan fingerprint density at radius 3 is 2.95 bits per heavy atom. The fourth-order valence-corrected chi connectivity index (χ4v) is 2.41. The molecule has 1 heterocycles. The van der Waals surface area contributed by atoms with Crippen molar-refractivity contribution in [3.05, 3.63) is 29.6 Å². The van der Waals surface area contributed by atoms with Gasteiger partial charge in [0.2, 0.25) is 0 Å². The standard InChI is InChI=1S/C14H19F2NO2/c1-14(16,8-11-9-19-6-5-17-11)12-7-10(15)3-4-13(12)18-2/h3-4,7,11,17H,5-6,8-9H2,1-2H3. The molecular formula is C14H19F2NO2. The zero-order chi connectivity index (χ0) is 13.9. The third-order valence-corrected chi connectivity index (χ3v) is 3.35. The molecule has 0 amide bonds.